The molecule has 10 aliphatic rings. The average molecular weight is 975 g/mol. The van der Waals surface area contributed by atoms with Gasteiger partial charge in [0.1, 0.15) is 23.7 Å². The van der Waals surface area contributed by atoms with Gasteiger partial charge in [0.2, 0.25) is 11.8 Å². The Morgan fingerprint density at radius 2 is 1.25 bits per heavy atom. The molecule has 14 rings (SSSR count). The summed E-state index contributed by atoms with van der Waals surface area (Å²) in [6.45, 7) is 7.82. The Morgan fingerprint density at radius 3 is 1.83 bits per heavy atom. The predicted octanol–water partition coefficient (Wildman–Crippen LogP) is 10.3. The van der Waals surface area contributed by atoms with Crippen molar-refractivity contribution < 1.29 is 19.2 Å². The number of carbonyl (C=O) groups is 4. The Labute approximate surface area is 423 Å². The molecule has 4 heterocycles. The van der Waals surface area contributed by atoms with Crippen LogP contribution in [0.3, 0.4) is 0 Å². The molecule has 14 heteroatoms. The number of hydrogen-bond acceptors (Lipinski definition) is 6. The van der Waals surface area contributed by atoms with Gasteiger partial charge in [-0.1, -0.05) is 101 Å². The van der Waals surface area contributed by atoms with E-state index in [0.717, 1.165) is 117 Å². The maximum atomic E-state index is 14.4. The minimum absolute atomic E-state index is 0.0663. The van der Waals surface area contributed by atoms with E-state index in [-0.39, 0.29) is 53.7 Å². The molecule has 0 radical (unpaired) electrons. The first-order valence-corrected chi connectivity index (χ1v) is 27.3. The molecule has 380 valence electrons. The molecule has 11 atom stereocenters. The summed E-state index contributed by atoms with van der Waals surface area (Å²) in [5.41, 5.74) is 21.4. The molecule has 4 fully saturated rings. The second-order valence-electron chi connectivity index (χ2n) is 23.1. The predicted molar refractivity (Wildman–Crippen MR) is 281 cm³/mol. The van der Waals surface area contributed by atoms with Crippen LogP contribution in [-0.2, 0) is 9.59 Å². The molecule has 8 N–H and O–H groups in total. The molecule has 14 nitrogen and oxygen atoms in total. The summed E-state index contributed by atoms with van der Waals surface area (Å²) in [6, 6.07) is 10.5. The van der Waals surface area contributed by atoms with Gasteiger partial charge in [-0.05, 0) is 153 Å². The highest BCUT2D eigenvalue weighted by molar-refractivity contribution is 5.90. The number of H-pyrrole nitrogens is 2. The standard InChI is InChI=1S/C58H74N10O4/c1-31(2)51(65-57(59)71)55(69)67-47-11-7-5-9-39(47)29-49(67)53-61-43-23-21-37(27-45(43)63-53)41-25-33-13-17-35(41)19-15-34-14-18-36(20-16-33)42(26-34)38-22-24-44-46(28-38)64-54(62-44)50-30-40-10-6-8-12-48(40)68(50)56(70)52(32(3)4)66-58(60)72/h13,17-18,21-28,31-32,34-35,39-41,47-52H,5-12,14-16,19-20,29-30H2,1-4H3,(H,61,63)(H,62,64)(H3,59,65,71)(H3,60,66,72). The second kappa shape index (κ2) is 19.7. The van der Waals surface area contributed by atoms with Crippen molar-refractivity contribution in [1.29, 1.82) is 0 Å². The number of aromatic nitrogens is 4. The van der Waals surface area contributed by atoms with Crippen molar-refractivity contribution in [3.8, 4) is 0 Å². The van der Waals surface area contributed by atoms with Gasteiger partial charge in [-0.15, -0.1) is 0 Å². The number of aromatic amines is 2. The number of fused-ring (bicyclic) bond motifs is 4. The SMILES string of the molecule is CC(C)C(NC(N)=O)C(=O)N1C(c2nc3cc(C4=CC5CC=C4CCC4=CC(c6ccc7[nH]c(C8CC9CCCCC9N8C(=O)C(NC(N)=O)C(C)C)nc7c6)C(C=C4)CC5)ccc3[nH]2)CC2CCCCC21. The minimum Gasteiger partial charge on any atom is -0.352 e. The fourth-order valence-electron chi connectivity index (χ4n) is 14.2. The zero-order valence-corrected chi connectivity index (χ0v) is 42.5. The number of hydrogen-bond donors (Lipinski definition) is 6. The molecule has 8 aliphatic carbocycles. The van der Waals surface area contributed by atoms with Crippen LogP contribution < -0.4 is 22.1 Å². The van der Waals surface area contributed by atoms with Gasteiger partial charge >= 0.3 is 12.1 Å². The first kappa shape index (κ1) is 48.1. The number of nitrogens with two attached hydrogens (primary N) is 2. The van der Waals surface area contributed by atoms with Gasteiger partial charge in [0.25, 0.3) is 0 Å². The highest BCUT2D eigenvalue weighted by atomic mass is 16.2. The number of benzene rings is 2. The van der Waals surface area contributed by atoms with Gasteiger partial charge in [-0.2, -0.15) is 0 Å². The van der Waals surface area contributed by atoms with E-state index in [0.29, 0.717) is 23.7 Å². The number of allylic oxidation sites excluding steroid dienone is 8. The lowest BCUT2D eigenvalue weighted by atomic mass is 9.74. The van der Waals surface area contributed by atoms with Crippen LogP contribution in [0.4, 0.5) is 9.59 Å². The molecule has 2 aromatic heterocycles. The molecule has 11 unspecified atom stereocenters. The third-order valence-corrected chi connectivity index (χ3v) is 17.9. The van der Waals surface area contributed by atoms with E-state index in [4.69, 9.17) is 21.4 Å². The van der Waals surface area contributed by atoms with Gasteiger partial charge in [-0.3, -0.25) is 9.59 Å². The van der Waals surface area contributed by atoms with Gasteiger partial charge in [-0.25, -0.2) is 19.6 Å². The lowest BCUT2D eigenvalue weighted by molar-refractivity contribution is -0.139. The highest BCUT2D eigenvalue weighted by Gasteiger charge is 2.50. The zero-order chi connectivity index (χ0) is 49.9. The van der Waals surface area contributed by atoms with Crippen LogP contribution in [0, 0.1) is 35.5 Å². The monoisotopic (exact) mass is 975 g/mol. The van der Waals surface area contributed by atoms with Crippen LogP contribution in [0.2, 0.25) is 0 Å². The van der Waals surface area contributed by atoms with E-state index < -0.39 is 24.1 Å². The Kier molecular flexibility index (Phi) is 13.2. The van der Waals surface area contributed by atoms with Gasteiger partial charge in [0.15, 0.2) is 0 Å². The summed E-state index contributed by atoms with van der Waals surface area (Å²) in [4.78, 5) is 74.8. The van der Waals surface area contributed by atoms with Crippen LogP contribution >= 0.6 is 0 Å². The van der Waals surface area contributed by atoms with Gasteiger partial charge < -0.3 is 41.9 Å². The number of urea groups is 2. The van der Waals surface area contributed by atoms with Gasteiger partial charge in [0.05, 0.1) is 34.2 Å². The van der Waals surface area contributed by atoms with Crippen molar-refractivity contribution in [2.24, 2.45) is 47.0 Å². The molecule has 2 saturated heterocycles. The molecule has 4 aromatic rings. The van der Waals surface area contributed by atoms with Crippen molar-refractivity contribution in [3.05, 3.63) is 101 Å². The molecule has 0 spiro atoms. The Balaban J connectivity index is 0.828. The van der Waals surface area contributed by atoms with Crippen molar-refractivity contribution in [1.82, 2.24) is 40.4 Å². The van der Waals surface area contributed by atoms with Crippen molar-refractivity contribution in [2.45, 2.75) is 166 Å². The van der Waals surface area contributed by atoms with E-state index in [1.165, 1.54) is 40.7 Å². The smallest absolute Gasteiger partial charge is 0.312 e. The van der Waals surface area contributed by atoms with E-state index >= 15 is 0 Å². The van der Waals surface area contributed by atoms with Crippen LogP contribution in [0.25, 0.3) is 27.6 Å². The number of carbonyl (C=O) groups excluding carboxylic acids is 4. The molecule has 6 amide bonds. The molecule has 2 aliphatic heterocycles. The first-order valence-electron chi connectivity index (χ1n) is 27.3. The summed E-state index contributed by atoms with van der Waals surface area (Å²) in [7, 11) is 0. The number of amides is 6. The number of imidazole rings is 2. The van der Waals surface area contributed by atoms with Crippen LogP contribution in [0.5, 0.6) is 0 Å². The summed E-state index contributed by atoms with van der Waals surface area (Å²) in [5.74, 6) is 3.08. The maximum Gasteiger partial charge on any atom is 0.312 e. The molecule has 2 aromatic carbocycles. The Morgan fingerprint density at radius 1 is 0.681 bits per heavy atom. The molecular weight excluding hydrogens is 901 g/mol. The van der Waals surface area contributed by atoms with E-state index in [1.807, 2.05) is 32.6 Å². The number of nitrogens with zero attached hydrogens (tertiary/aromatic N) is 4. The molecule has 72 heavy (non-hydrogen) atoms. The summed E-state index contributed by atoms with van der Waals surface area (Å²) in [5, 5.41) is 5.52. The van der Waals surface area contributed by atoms with E-state index in [2.05, 4.69) is 92.3 Å². The average Bonchev–Trinajstić information content (AvgIpc) is 4.17. The summed E-state index contributed by atoms with van der Waals surface area (Å²) in [6.07, 6.45) is 27.7. The minimum atomic E-state index is -0.691. The number of nitrogens with one attached hydrogen (secondary N) is 4. The number of likely N-dealkylation sites (tertiary alicyclic amines) is 2. The molecule has 2 saturated carbocycles. The van der Waals surface area contributed by atoms with Crippen molar-refractivity contribution >= 4 is 51.5 Å². The van der Waals surface area contributed by atoms with Gasteiger partial charge in [0, 0.05) is 18.0 Å². The zero-order valence-electron chi connectivity index (χ0n) is 42.5. The third kappa shape index (κ3) is 9.16. The third-order valence-electron chi connectivity index (χ3n) is 17.9. The summed E-state index contributed by atoms with van der Waals surface area (Å²) >= 11 is 0. The van der Waals surface area contributed by atoms with Crippen molar-refractivity contribution in [2.75, 3.05) is 0 Å². The topological polar surface area (TPSA) is 208 Å². The lowest BCUT2D eigenvalue weighted by Gasteiger charge is -2.36. The lowest BCUT2D eigenvalue weighted by Crippen LogP contribution is -2.54. The fraction of sp³-hybridized carbons (Fsp3) is 0.552. The first-order chi connectivity index (χ1) is 34.8. The maximum absolute atomic E-state index is 14.4. The fourth-order valence-corrected chi connectivity index (χ4v) is 14.2. The highest BCUT2D eigenvalue weighted by Crippen LogP contribution is 2.49. The van der Waals surface area contributed by atoms with Crippen LogP contribution in [0.15, 0.2) is 77.9 Å². The molecule has 4 bridgehead atoms. The summed E-state index contributed by atoms with van der Waals surface area (Å²) < 4.78 is 0. The molecular formula is C58H74N10O4. The largest absolute Gasteiger partial charge is 0.352 e. The van der Waals surface area contributed by atoms with E-state index in [1.54, 1.807) is 0 Å². The Hall–Kier alpha value is -6.18. The Bertz CT molecular complexity index is 2890. The van der Waals surface area contributed by atoms with Crippen molar-refractivity contribution in [3.63, 3.8) is 0 Å². The van der Waals surface area contributed by atoms with Crippen LogP contribution in [0.1, 0.15) is 165 Å². The number of rotatable bonds is 10. The normalized spacial score (nSPS) is 29.0. The number of primary amides is 2. The second-order valence-corrected chi connectivity index (χ2v) is 23.1. The van der Waals surface area contributed by atoms with Crippen LogP contribution in [-0.4, -0.2) is 77.8 Å². The van der Waals surface area contributed by atoms with E-state index in [9.17, 15) is 19.2 Å². The quantitative estimate of drug-likeness (QED) is 0.0911.